The van der Waals surface area contributed by atoms with Crippen molar-refractivity contribution in [2.45, 2.75) is 13.1 Å². The molecule has 0 unspecified atom stereocenters. The van der Waals surface area contributed by atoms with Crippen molar-refractivity contribution in [3.8, 4) is 0 Å². The number of alkyl halides is 3. The lowest BCUT2D eigenvalue weighted by molar-refractivity contribution is -0.0913. The molecule has 0 aliphatic heterocycles. The normalized spacial score (nSPS) is 12.7. The molecule has 0 atom stereocenters. The SMILES string of the molecule is C/C(=C\C(=O)c1ccc(F)cc1)C(F)(F)F. The topological polar surface area (TPSA) is 17.1 Å². The molecule has 0 aromatic heterocycles. The van der Waals surface area contributed by atoms with Crippen molar-refractivity contribution >= 4 is 5.78 Å². The lowest BCUT2D eigenvalue weighted by Crippen LogP contribution is -2.11. The quantitative estimate of drug-likeness (QED) is 0.433. The summed E-state index contributed by atoms with van der Waals surface area (Å²) in [6.45, 7) is 0.807. The second-order valence-corrected chi connectivity index (χ2v) is 3.20. The van der Waals surface area contributed by atoms with E-state index in [1.54, 1.807) is 0 Å². The molecule has 0 N–H and O–H groups in total. The number of allylic oxidation sites excluding steroid dienone is 2. The first-order valence-corrected chi connectivity index (χ1v) is 4.36. The van der Waals surface area contributed by atoms with Crippen LogP contribution >= 0.6 is 0 Å². The van der Waals surface area contributed by atoms with E-state index in [-0.39, 0.29) is 5.56 Å². The van der Waals surface area contributed by atoms with E-state index >= 15 is 0 Å². The predicted octanol–water partition coefficient (Wildman–Crippen LogP) is 3.52. The summed E-state index contributed by atoms with van der Waals surface area (Å²) in [7, 11) is 0. The maximum atomic E-state index is 12.5. The first-order valence-electron chi connectivity index (χ1n) is 4.36. The fourth-order valence-electron chi connectivity index (χ4n) is 0.976. The van der Waals surface area contributed by atoms with Crippen molar-refractivity contribution in [3.05, 3.63) is 47.3 Å². The van der Waals surface area contributed by atoms with Gasteiger partial charge in [0.15, 0.2) is 5.78 Å². The number of carbonyl (C=O) groups excluding carboxylic acids is 1. The second-order valence-electron chi connectivity index (χ2n) is 3.20. The van der Waals surface area contributed by atoms with E-state index in [9.17, 15) is 22.4 Å². The van der Waals surface area contributed by atoms with E-state index < -0.39 is 23.3 Å². The van der Waals surface area contributed by atoms with Crippen LogP contribution in [-0.4, -0.2) is 12.0 Å². The van der Waals surface area contributed by atoms with Crippen LogP contribution in [0.2, 0.25) is 0 Å². The first-order chi connectivity index (χ1) is 7.30. The highest BCUT2D eigenvalue weighted by Crippen LogP contribution is 2.25. The van der Waals surface area contributed by atoms with Crippen LogP contribution in [0.3, 0.4) is 0 Å². The van der Waals surface area contributed by atoms with Gasteiger partial charge in [-0.3, -0.25) is 4.79 Å². The van der Waals surface area contributed by atoms with Crippen LogP contribution in [0.1, 0.15) is 17.3 Å². The van der Waals surface area contributed by atoms with Gasteiger partial charge in [0.2, 0.25) is 0 Å². The van der Waals surface area contributed by atoms with E-state index in [0.717, 1.165) is 31.2 Å². The Morgan fingerprint density at radius 1 is 1.19 bits per heavy atom. The molecule has 0 saturated carbocycles. The van der Waals surface area contributed by atoms with Gasteiger partial charge in [-0.1, -0.05) is 0 Å². The molecule has 5 heteroatoms. The smallest absolute Gasteiger partial charge is 0.289 e. The van der Waals surface area contributed by atoms with Crippen molar-refractivity contribution < 1.29 is 22.4 Å². The third kappa shape index (κ3) is 3.18. The Morgan fingerprint density at radius 2 is 1.69 bits per heavy atom. The Balaban J connectivity index is 2.92. The van der Waals surface area contributed by atoms with Crippen molar-refractivity contribution in [1.82, 2.24) is 0 Å². The summed E-state index contributed by atoms with van der Waals surface area (Å²) in [5, 5.41) is 0. The molecule has 16 heavy (non-hydrogen) atoms. The fraction of sp³-hybridized carbons (Fsp3) is 0.182. The van der Waals surface area contributed by atoms with Gasteiger partial charge in [0, 0.05) is 11.1 Å². The average molecular weight is 232 g/mol. The van der Waals surface area contributed by atoms with Gasteiger partial charge in [-0.05, 0) is 37.3 Å². The minimum atomic E-state index is -4.52. The molecule has 86 valence electrons. The van der Waals surface area contributed by atoms with Crippen LogP contribution in [0.4, 0.5) is 17.6 Å². The molecule has 1 rings (SSSR count). The molecule has 1 aromatic rings. The van der Waals surface area contributed by atoms with Gasteiger partial charge in [-0.25, -0.2) is 4.39 Å². The van der Waals surface area contributed by atoms with Crippen LogP contribution < -0.4 is 0 Å². The summed E-state index contributed by atoms with van der Waals surface area (Å²) in [5.41, 5.74) is -0.966. The summed E-state index contributed by atoms with van der Waals surface area (Å²) in [5.74, 6) is -1.34. The second kappa shape index (κ2) is 4.47. The van der Waals surface area contributed by atoms with Crippen molar-refractivity contribution in [1.29, 1.82) is 0 Å². The number of hydrogen-bond acceptors (Lipinski definition) is 1. The minimum Gasteiger partial charge on any atom is -0.289 e. The molecule has 0 saturated heterocycles. The Morgan fingerprint density at radius 3 is 2.12 bits per heavy atom. The molecular weight excluding hydrogens is 224 g/mol. The third-order valence-electron chi connectivity index (χ3n) is 1.92. The Kier molecular flexibility index (Phi) is 3.47. The van der Waals surface area contributed by atoms with Gasteiger partial charge in [0.05, 0.1) is 0 Å². The monoisotopic (exact) mass is 232 g/mol. The maximum absolute atomic E-state index is 12.5. The Bertz CT molecular complexity index is 415. The zero-order chi connectivity index (χ0) is 12.3. The molecule has 1 aromatic carbocycles. The van der Waals surface area contributed by atoms with E-state index in [1.807, 2.05) is 0 Å². The molecule has 0 heterocycles. The lowest BCUT2D eigenvalue weighted by Gasteiger charge is -2.05. The number of carbonyl (C=O) groups is 1. The highest BCUT2D eigenvalue weighted by molar-refractivity contribution is 6.04. The number of rotatable bonds is 2. The van der Waals surface area contributed by atoms with Crippen molar-refractivity contribution in [2.24, 2.45) is 0 Å². The number of benzene rings is 1. The third-order valence-corrected chi connectivity index (χ3v) is 1.92. The van der Waals surface area contributed by atoms with Gasteiger partial charge in [0.25, 0.3) is 0 Å². The number of hydrogen-bond donors (Lipinski definition) is 0. The van der Waals surface area contributed by atoms with Gasteiger partial charge in [0.1, 0.15) is 5.82 Å². The Hall–Kier alpha value is -1.65. The first kappa shape index (κ1) is 12.4. The van der Waals surface area contributed by atoms with E-state index in [0.29, 0.717) is 6.08 Å². The molecule has 0 aliphatic rings. The summed E-state index contributed by atoms with van der Waals surface area (Å²) in [6.07, 6.45) is -4.02. The highest BCUT2D eigenvalue weighted by Gasteiger charge is 2.30. The average Bonchev–Trinajstić information content (AvgIpc) is 2.17. The zero-order valence-electron chi connectivity index (χ0n) is 8.31. The summed E-state index contributed by atoms with van der Waals surface area (Å²) in [6, 6.07) is 4.31. The van der Waals surface area contributed by atoms with E-state index in [1.165, 1.54) is 0 Å². The summed E-state index contributed by atoms with van der Waals surface area (Å²) >= 11 is 0. The number of ketones is 1. The molecule has 0 fully saturated rings. The summed E-state index contributed by atoms with van der Waals surface area (Å²) in [4.78, 5) is 11.3. The molecular formula is C11H8F4O. The minimum absolute atomic E-state index is 0.0185. The zero-order valence-corrected chi connectivity index (χ0v) is 8.31. The number of halogens is 4. The van der Waals surface area contributed by atoms with Crippen molar-refractivity contribution in [2.75, 3.05) is 0 Å². The molecule has 0 bridgehead atoms. The fourth-order valence-corrected chi connectivity index (χ4v) is 0.976. The molecule has 0 radical (unpaired) electrons. The summed E-state index contributed by atoms with van der Waals surface area (Å²) < 4.78 is 48.8. The van der Waals surface area contributed by atoms with Gasteiger partial charge in [-0.15, -0.1) is 0 Å². The predicted molar refractivity (Wildman–Crippen MR) is 50.5 cm³/mol. The van der Waals surface area contributed by atoms with E-state index in [4.69, 9.17) is 0 Å². The van der Waals surface area contributed by atoms with Crippen LogP contribution in [-0.2, 0) is 0 Å². The lowest BCUT2D eigenvalue weighted by atomic mass is 10.1. The van der Waals surface area contributed by atoms with Crippen LogP contribution in [0.25, 0.3) is 0 Å². The van der Waals surface area contributed by atoms with Crippen molar-refractivity contribution in [3.63, 3.8) is 0 Å². The Labute approximate surface area is 89.4 Å². The van der Waals surface area contributed by atoms with Crippen LogP contribution in [0.15, 0.2) is 35.9 Å². The highest BCUT2D eigenvalue weighted by atomic mass is 19.4. The molecule has 1 nitrogen and oxygen atoms in total. The largest absolute Gasteiger partial charge is 0.412 e. The van der Waals surface area contributed by atoms with Gasteiger partial charge < -0.3 is 0 Å². The molecule has 0 amide bonds. The standard InChI is InChI=1S/C11H8F4O/c1-7(11(13,14)15)6-10(16)8-2-4-9(12)5-3-8/h2-6H,1H3/b7-6+. The van der Waals surface area contributed by atoms with Crippen LogP contribution in [0.5, 0.6) is 0 Å². The van der Waals surface area contributed by atoms with Gasteiger partial charge >= 0.3 is 6.18 Å². The van der Waals surface area contributed by atoms with Crippen LogP contribution in [0, 0.1) is 5.82 Å². The molecule has 0 aliphatic carbocycles. The van der Waals surface area contributed by atoms with E-state index in [2.05, 4.69) is 0 Å². The molecule has 0 spiro atoms. The maximum Gasteiger partial charge on any atom is 0.412 e. The van der Waals surface area contributed by atoms with Gasteiger partial charge in [-0.2, -0.15) is 13.2 Å².